The minimum absolute atomic E-state index is 0.0372. The van der Waals surface area contributed by atoms with Crippen LogP contribution in [0.4, 0.5) is 0 Å². The Labute approximate surface area is 149 Å². The molecule has 1 amide bonds. The van der Waals surface area contributed by atoms with Crippen molar-refractivity contribution in [3.8, 4) is 0 Å². The van der Waals surface area contributed by atoms with Gasteiger partial charge in [-0.25, -0.2) is 4.98 Å². The van der Waals surface area contributed by atoms with Crippen LogP contribution in [0, 0.1) is 6.92 Å². The summed E-state index contributed by atoms with van der Waals surface area (Å²) in [7, 11) is 0. The number of H-pyrrole nitrogens is 1. The summed E-state index contributed by atoms with van der Waals surface area (Å²) in [4.78, 5) is 35.9. The lowest BCUT2D eigenvalue weighted by atomic mass is 10.1. The molecular weight excluding hydrogens is 338 g/mol. The maximum Gasteiger partial charge on any atom is 0.263 e. The van der Waals surface area contributed by atoms with E-state index in [-0.39, 0.29) is 17.6 Å². The van der Waals surface area contributed by atoms with Crippen LogP contribution in [0.15, 0.2) is 16.9 Å². The first kappa shape index (κ1) is 16.5. The Morgan fingerprint density at radius 2 is 2.20 bits per heavy atom. The van der Waals surface area contributed by atoms with E-state index in [1.54, 1.807) is 6.92 Å². The fourth-order valence-electron chi connectivity index (χ4n) is 3.53. The summed E-state index contributed by atoms with van der Waals surface area (Å²) in [5.74, 6) is 0.665. The van der Waals surface area contributed by atoms with Crippen molar-refractivity contribution in [1.82, 2.24) is 14.9 Å². The molecule has 1 atom stereocenters. The number of nitrogens with zero attached hydrogens (tertiary/aromatic N) is 2. The molecule has 1 saturated heterocycles. The first-order valence-electron chi connectivity index (χ1n) is 8.71. The van der Waals surface area contributed by atoms with E-state index in [1.807, 2.05) is 17.0 Å². The lowest BCUT2D eigenvalue weighted by Gasteiger charge is -2.19. The number of carbonyl (C=O) groups excluding carboxylic acids is 1. The number of thiophene rings is 1. The molecule has 2 aliphatic rings. The molecule has 0 unspecified atom stereocenters. The number of amides is 1. The van der Waals surface area contributed by atoms with Crippen molar-refractivity contribution < 1.29 is 9.53 Å². The first-order valence-corrected chi connectivity index (χ1v) is 9.53. The molecule has 2 aromatic rings. The molecule has 25 heavy (non-hydrogen) atoms. The second-order valence-electron chi connectivity index (χ2n) is 6.57. The Balaban J connectivity index is 1.50. The Kier molecular flexibility index (Phi) is 4.43. The lowest BCUT2D eigenvalue weighted by Crippen LogP contribution is -2.33. The van der Waals surface area contributed by atoms with Crippen LogP contribution >= 0.6 is 11.3 Å². The van der Waals surface area contributed by atoms with Gasteiger partial charge < -0.3 is 14.6 Å². The van der Waals surface area contributed by atoms with Gasteiger partial charge in [0.2, 0.25) is 0 Å². The first-order chi connectivity index (χ1) is 12.1. The molecule has 4 heterocycles. The standard InChI is InChI=1S/C18H21N3O3S/c1-11-19-13-7-9-21(8-6-12(13)17(22)20-11)18(23)16-5-4-15(25-16)14-3-2-10-24-14/h4-5,14H,2-3,6-10H2,1H3,(H,19,20,22)/t14-/m0/s1. The summed E-state index contributed by atoms with van der Waals surface area (Å²) in [5, 5.41) is 0. The van der Waals surface area contributed by atoms with Gasteiger partial charge in [-0.3, -0.25) is 9.59 Å². The van der Waals surface area contributed by atoms with Crippen LogP contribution in [-0.4, -0.2) is 40.5 Å². The zero-order valence-corrected chi connectivity index (χ0v) is 15.0. The lowest BCUT2D eigenvalue weighted by molar-refractivity contribution is 0.0767. The SMILES string of the molecule is Cc1nc2c(c(=O)[nH]1)CCN(C(=O)c1ccc([C@@H]3CCCO3)s1)CC2. The van der Waals surface area contributed by atoms with E-state index in [1.165, 1.54) is 11.3 Å². The van der Waals surface area contributed by atoms with Gasteiger partial charge in [-0.05, 0) is 38.3 Å². The third-order valence-electron chi connectivity index (χ3n) is 4.84. The third-order valence-corrected chi connectivity index (χ3v) is 6.01. The fraction of sp³-hybridized carbons (Fsp3) is 0.500. The van der Waals surface area contributed by atoms with E-state index in [0.717, 1.165) is 34.9 Å². The number of carbonyl (C=O) groups is 1. The monoisotopic (exact) mass is 359 g/mol. The summed E-state index contributed by atoms with van der Waals surface area (Å²) in [5.41, 5.74) is 1.46. The number of hydrogen-bond donors (Lipinski definition) is 1. The Morgan fingerprint density at radius 1 is 1.36 bits per heavy atom. The predicted octanol–water partition coefficient (Wildman–Crippen LogP) is 2.23. The van der Waals surface area contributed by atoms with Gasteiger partial charge in [0, 0.05) is 36.6 Å². The maximum absolute atomic E-state index is 12.9. The molecule has 0 aromatic carbocycles. The van der Waals surface area contributed by atoms with Crippen LogP contribution < -0.4 is 5.56 Å². The number of fused-ring (bicyclic) bond motifs is 1. The van der Waals surface area contributed by atoms with Gasteiger partial charge >= 0.3 is 0 Å². The van der Waals surface area contributed by atoms with Crippen LogP contribution in [0.2, 0.25) is 0 Å². The quantitative estimate of drug-likeness (QED) is 0.892. The zero-order valence-electron chi connectivity index (χ0n) is 14.2. The number of rotatable bonds is 2. The molecule has 0 saturated carbocycles. The predicted molar refractivity (Wildman–Crippen MR) is 95.2 cm³/mol. The molecular formula is C18H21N3O3S. The zero-order chi connectivity index (χ0) is 17.4. The number of aromatic nitrogens is 2. The summed E-state index contributed by atoms with van der Waals surface area (Å²) in [6.07, 6.45) is 3.42. The highest BCUT2D eigenvalue weighted by Crippen LogP contribution is 2.33. The molecule has 1 fully saturated rings. The Bertz CT molecular complexity index is 851. The van der Waals surface area contributed by atoms with Crippen molar-refractivity contribution in [2.45, 2.75) is 38.7 Å². The average molecular weight is 359 g/mol. The molecule has 0 aliphatic carbocycles. The van der Waals surface area contributed by atoms with Crippen molar-refractivity contribution in [2.75, 3.05) is 19.7 Å². The highest BCUT2D eigenvalue weighted by Gasteiger charge is 2.25. The molecule has 4 rings (SSSR count). The van der Waals surface area contributed by atoms with Crippen LogP contribution in [0.25, 0.3) is 0 Å². The smallest absolute Gasteiger partial charge is 0.263 e. The normalized spacial score (nSPS) is 20.4. The van der Waals surface area contributed by atoms with E-state index in [9.17, 15) is 9.59 Å². The van der Waals surface area contributed by atoms with E-state index >= 15 is 0 Å². The van der Waals surface area contributed by atoms with Gasteiger partial charge in [0.25, 0.3) is 11.5 Å². The van der Waals surface area contributed by atoms with Crippen molar-refractivity contribution in [2.24, 2.45) is 0 Å². The molecule has 132 valence electrons. The summed E-state index contributed by atoms with van der Waals surface area (Å²) in [6, 6.07) is 3.91. The van der Waals surface area contributed by atoms with Gasteiger partial charge in [0.1, 0.15) is 5.82 Å². The third kappa shape index (κ3) is 3.26. The molecule has 7 heteroatoms. The average Bonchev–Trinajstić information content (AvgIpc) is 3.22. The van der Waals surface area contributed by atoms with Crippen molar-refractivity contribution >= 4 is 17.2 Å². The van der Waals surface area contributed by atoms with Crippen molar-refractivity contribution in [3.05, 3.63) is 49.3 Å². The molecule has 1 N–H and O–H groups in total. The van der Waals surface area contributed by atoms with E-state index in [2.05, 4.69) is 9.97 Å². The van der Waals surface area contributed by atoms with Crippen LogP contribution in [0.1, 0.15) is 50.6 Å². The van der Waals surface area contributed by atoms with E-state index in [0.29, 0.717) is 37.3 Å². The second kappa shape index (κ2) is 6.72. The number of nitrogens with one attached hydrogen (secondary N) is 1. The van der Waals surface area contributed by atoms with Crippen LogP contribution in [0.5, 0.6) is 0 Å². The number of aromatic amines is 1. The minimum Gasteiger partial charge on any atom is -0.373 e. The van der Waals surface area contributed by atoms with Crippen LogP contribution in [0.3, 0.4) is 0 Å². The molecule has 0 radical (unpaired) electrons. The van der Waals surface area contributed by atoms with E-state index < -0.39 is 0 Å². The van der Waals surface area contributed by atoms with E-state index in [4.69, 9.17) is 4.74 Å². The Hall–Kier alpha value is -1.99. The van der Waals surface area contributed by atoms with Crippen molar-refractivity contribution in [1.29, 1.82) is 0 Å². The van der Waals surface area contributed by atoms with Gasteiger partial charge in [0.05, 0.1) is 16.7 Å². The summed E-state index contributed by atoms with van der Waals surface area (Å²) in [6.45, 7) is 3.73. The van der Waals surface area contributed by atoms with Crippen LogP contribution in [-0.2, 0) is 17.6 Å². The Morgan fingerprint density at radius 3 is 3.00 bits per heavy atom. The number of hydrogen-bond acceptors (Lipinski definition) is 5. The topological polar surface area (TPSA) is 75.3 Å². The van der Waals surface area contributed by atoms with Gasteiger partial charge in [-0.1, -0.05) is 0 Å². The maximum atomic E-state index is 12.9. The van der Waals surface area contributed by atoms with Gasteiger partial charge in [-0.2, -0.15) is 0 Å². The highest BCUT2D eigenvalue weighted by atomic mass is 32.1. The van der Waals surface area contributed by atoms with Crippen molar-refractivity contribution in [3.63, 3.8) is 0 Å². The number of ether oxygens (including phenoxy) is 1. The molecule has 2 aromatic heterocycles. The number of aryl methyl sites for hydroxylation is 1. The van der Waals surface area contributed by atoms with Gasteiger partial charge in [-0.15, -0.1) is 11.3 Å². The largest absolute Gasteiger partial charge is 0.373 e. The van der Waals surface area contributed by atoms with Gasteiger partial charge in [0.15, 0.2) is 0 Å². The fourth-order valence-corrected chi connectivity index (χ4v) is 4.59. The summed E-state index contributed by atoms with van der Waals surface area (Å²) >= 11 is 1.53. The molecule has 0 spiro atoms. The molecule has 2 aliphatic heterocycles. The minimum atomic E-state index is -0.0754. The highest BCUT2D eigenvalue weighted by molar-refractivity contribution is 7.14. The molecule has 6 nitrogen and oxygen atoms in total. The molecule has 0 bridgehead atoms. The second-order valence-corrected chi connectivity index (χ2v) is 7.69. The summed E-state index contributed by atoms with van der Waals surface area (Å²) < 4.78 is 5.70.